The number of nitrogens with one attached hydrogen (secondary N) is 1. The average molecular weight is 300 g/mol. The molecule has 1 aromatic carbocycles. The van der Waals surface area contributed by atoms with Crippen LogP contribution in [-0.4, -0.2) is 12.6 Å². The maximum atomic E-state index is 6.11. The molecule has 0 heterocycles. The molecule has 106 valence electrons. The highest BCUT2D eigenvalue weighted by Gasteiger charge is 2.23. The van der Waals surface area contributed by atoms with Crippen molar-refractivity contribution in [2.75, 3.05) is 6.54 Å². The molecule has 1 N–H and O–H groups in total. The summed E-state index contributed by atoms with van der Waals surface area (Å²) < 4.78 is 0. The number of halogens is 2. The van der Waals surface area contributed by atoms with Gasteiger partial charge in [0.15, 0.2) is 0 Å². The molecule has 1 fully saturated rings. The number of likely N-dealkylation sites (N-methyl/N-ethyl adjacent to an activating group) is 1. The zero-order valence-corrected chi connectivity index (χ0v) is 13.1. The summed E-state index contributed by atoms with van der Waals surface area (Å²) in [6, 6.07) is 6.59. The highest BCUT2D eigenvalue weighted by Crippen LogP contribution is 2.29. The van der Waals surface area contributed by atoms with Crippen LogP contribution in [0.5, 0.6) is 0 Å². The van der Waals surface area contributed by atoms with Crippen LogP contribution >= 0.6 is 23.2 Å². The molecule has 1 nitrogen and oxygen atoms in total. The molecular formula is C16H23Cl2N. The molecule has 0 bridgehead atoms. The summed E-state index contributed by atoms with van der Waals surface area (Å²) in [6.07, 6.45) is 7.94. The van der Waals surface area contributed by atoms with Crippen molar-refractivity contribution in [3.63, 3.8) is 0 Å². The Labute approximate surface area is 126 Å². The predicted molar refractivity (Wildman–Crippen MR) is 84.2 cm³/mol. The van der Waals surface area contributed by atoms with E-state index in [1.54, 1.807) is 0 Å². The predicted octanol–water partition coefficient (Wildman–Crippen LogP) is 5.09. The maximum absolute atomic E-state index is 6.11. The Morgan fingerprint density at radius 3 is 2.53 bits per heavy atom. The fraction of sp³-hybridized carbons (Fsp3) is 0.625. The smallest absolute Gasteiger partial charge is 0.0595 e. The normalized spacial score (nSPS) is 18.5. The molecule has 0 spiro atoms. The van der Waals surface area contributed by atoms with Crippen molar-refractivity contribution in [3.8, 4) is 0 Å². The van der Waals surface area contributed by atoms with Crippen LogP contribution in [-0.2, 0) is 6.42 Å². The Bertz CT molecular complexity index is 400. The SMILES string of the molecule is CCNC(Cc1ccc(Cl)c(Cl)c1)C1CCCCC1. The van der Waals surface area contributed by atoms with E-state index in [1.165, 1.54) is 37.7 Å². The first-order chi connectivity index (χ1) is 9.20. The number of benzene rings is 1. The second kappa shape index (κ2) is 7.52. The van der Waals surface area contributed by atoms with Gasteiger partial charge in [-0.1, -0.05) is 55.5 Å². The highest BCUT2D eigenvalue weighted by molar-refractivity contribution is 6.42. The molecular weight excluding hydrogens is 277 g/mol. The van der Waals surface area contributed by atoms with E-state index in [0.29, 0.717) is 16.1 Å². The van der Waals surface area contributed by atoms with Gasteiger partial charge in [0.05, 0.1) is 10.0 Å². The van der Waals surface area contributed by atoms with Crippen LogP contribution in [0.4, 0.5) is 0 Å². The molecule has 0 aliphatic heterocycles. The van der Waals surface area contributed by atoms with Gasteiger partial charge in [-0.3, -0.25) is 0 Å². The molecule has 2 rings (SSSR count). The average Bonchev–Trinajstić information content (AvgIpc) is 2.43. The first-order valence-electron chi connectivity index (χ1n) is 7.38. The van der Waals surface area contributed by atoms with Gasteiger partial charge in [-0.15, -0.1) is 0 Å². The first-order valence-corrected chi connectivity index (χ1v) is 8.13. The highest BCUT2D eigenvalue weighted by atomic mass is 35.5. The van der Waals surface area contributed by atoms with Crippen LogP contribution in [0.15, 0.2) is 18.2 Å². The van der Waals surface area contributed by atoms with Crippen molar-refractivity contribution in [3.05, 3.63) is 33.8 Å². The lowest BCUT2D eigenvalue weighted by molar-refractivity contribution is 0.269. The summed E-state index contributed by atoms with van der Waals surface area (Å²) >= 11 is 12.1. The topological polar surface area (TPSA) is 12.0 Å². The van der Waals surface area contributed by atoms with E-state index in [0.717, 1.165) is 18.9 Å². The molecule has 0 aromatic heterocycles. The number of hydrogen-bond donors (Lipinski definition) is 1. The molecule has 1 aromatic rings. The van der Waals surface area contributed by atoms with Crippen molar-refractivity contribution >= 4 is 23.2 Å². The van der Waals surface area contributed by atoms with E-state index < -0.39 is 0 Å². The summed E-state index contributed by atoms with van der Waals surface area (Å²) in [4.78, 5) is 0. The lowest BCUT2D eigenvalue weighted by atomic mass is 9.81. The van der Waals surface area contributed by atoms with E-state index in [4.69, 9.17) is 23.2 Å². The summed E-state index contributed by atoms with van der Waals surface area (Å²) in [7, 11) is 0. The summed E-state index contributed by atoms with van der Waals surface area (Å²) in [6.45, 7) is 3.22. The number of hydrogen-bond acceptors (Lipinski definition) is 1. The third-order valence-electron chi connectivity index (χ3n) is 4.12. The fourth-order valence-electron chi connectivity index (χ4n) is 3.12. The van der Waals surface area contributed by atoms with E-state index >= 15 is 0 Å². The quantitative estimate of drug-likeness (QED) is 0.798. The van der Waals surface area contributed by atoms with Gasteiger partial charge in [0.2, 0.25) is 0 Å². The Balaban J connectivity index is 2.04. The Hall–Kier alpha value is -0.240. The van der Waals surface area contributed by atoms with Crippen molar-refractivity contribution in [2.24, 2.45) is 5.92 Å². The van der Waals surface area contributed by atoms with E-state index in [2.05, 4.69) is 18.3 Å². The molecule has 1 saturated carbocycles. The van der Waals surface area contributed by atoms with Crippen LogP contribution < -0.4 is 5.32 Å². The van der Waals surface area contributed by atoms with Crippen molar-refractivity contribution in [1.29, 1.82) is 0 Å². The Morgan fingerprint density at radius 1 is 1.16 bits per heavy atom. The molecule has 1 aliphatic carbocycles. The van der Waals surface area contributed by atoms with Gasteiger partial charge >= 0.3 is 0 Å². The zero-order valence-electron chi connectivity index (χ0n) is 11.6. The summed E-state index contributed by atoms with van der Waals surface area (Å²) in [5, 5.41) is 4.97. The van der Waals surface area contributed by atoms with Crippen LogP contribution in [0.25, 0.3) is 0 Å². The van der Waals surface area contributed by atoms with E-state index in [9.17, 15) is 0 Å². The fourth-order valence-corrected chi connectivity index (χ4v) is 3.45. The van der Waals surface area contributed by atoms with Gasteiger partial charge in [0.1, 0.15) is 0 Å². The third-order valence-corrected chi connectivity index (χ3v) is 4.86. The summed E-state index contributed by atoms with van der Waals surface area (Å²) in [5.41, 5.74) is 1.28. The van der Waals surface area contributed by atoms with Crippen LogP contribution in [0.2, 0.25) is 10.0 Å². The van der Waals surface area contributed by atoms with Gasteiger partial charge in [0.25, 0.3) is 0 Å². The molecule has 3 heteroatoms. The molecule has 19 heavy (non-hydrogen) atoms. The Morgan fingerprint density at radius 2 is 1.89 bits per heavy atom. The lowest BCUT2D eigenvalue weighted by Gasteiger charge is -2.31. The second-order valence-corrected chi connectivity index (χ2v) is 6.33. The largest absolute Gasteiger partial charge is 0.314 e. The molecule has 0 radical (unpaired) electrons. The minimum Gasteiger partial charge on any atom is -0.314 e. The van der Waals surface area contributed by atoms with Gasteiger partial charge in [-0.05, 0) is 49.4 Å². The van der Waals surface area contributed by atoms with Gasteiger partial charge in [-0.2, -0.15) is 0 Å². The molecule has 0 saturated heterocycles. The second-order valence-electron chi connectivity index (χ2n) is 5.51. The molecule has 1 atom stereocenters. The minimum atomic E-state index is 0.572. The van der Waals surface area contributed by atoms with Crippen LogP contribution in [0.1, 0.15) is 44.6 Å². The zero-order chi connectivity index (χ0) is 13.7. The van der Waals surface area contributed by atoms with Gasteiger partial charge in [0, 0.05) is 6.04 Å². The van der Waals surface area contributed by atoms with Crippen LogP contribution in [0, 0.1) is 5.92 Å². The molecule has 1 unspecified atom stereocenters. The summed E-state index contributed by atoms with van der Waals surface area (Å²) in [5.74, 6) is 0.808. The standard InChI is InChI=1S/C16H23Cl2N/c1-2-19-16(13-6-4-3-5-7-13)11-12-8-9-14(17)15(18)10-12/h8-10,13,16,19H,2-7,11H2,1H3. The lowest BCUT2D eigenvalue weighted by Crippen LogP contribution is -2.38. The van der Waals surface area contributed by atoms with E-state index in [-0.39, 0.29) is 0 Å². The molecule has 0 amide bonds. The van der Waals surface area contributed by atoms with Crippen LogP contribution in [0.3, 0.4) is 0 Å². The Kier molecular flexibility index (Phi) is 6.00. The third kappa shape index (κ3) is 4.37. The van der Waals surface area contributed by atoms with Gasteiger partial charge < -0.3 is 5.32 Å². The number of rotatable bonds is 5. The van der Waals surface area contributed by atoms with Gasteiger partial charge in [-0.25, -0.2) is 0 Å². The minimum absolute atomic E-state index is 0.572. The monoisotopic (exact) mass is 299 g/mol. The maximum Gasteiger partial charge on any atom is 0.0595 e. The van der Waals surface area contributed by atoms with Crippen molar-refractivity contribution < 1.29 is 0 Å². The van der Waals surface area contributed by atoms with Crippen molar-refractivity contribution in [1.82, 2.24) is 5.32 Å². The van der Waals surface area contributed by atoms with Crippen molar-refractivity contribution in [2.45, 2.75) is 51.5 Å². The van der Waals surface area contributed by atoms with E-state index in [1.807, 2.05) is 12.1 Å². The first kappa shape index (κ1) is 15.2. The molecule has 1 aliphatic rings.